The SMILES string of the molecule is CN(C(=O)CCCNC(=O)c1ccccc1)C1CCS(=O)(=O)C1. The summed E-state index contributed by atoms with van der Waals surface area (Å²) in [6, 6.07) is 8.68. The Kier molecular flexibility index (Phi) is 5.76. The molecule has 1 aliphatic heterocycles. The van der Waals surface area contributed by atoms with Crippen molar-refractivity contribution in [3.63, 3.8) is 0 Å². The fourth-order valence-electron chi connectivity index (χ4n) is 2.59. The van der Waals surface area contributed by atoms with Crippen molar-refractivity contribution in [3.05, 3.63) is 35.9 Å². The molecular formula is C16H22N2O4S. The van der Waals surface area contributed by atoms with E-state index in [0.29, 0.717) is 31.4 Å². The molecule has 6 nitrogen and oxygen atoms in total. The van der Waals surface area contributed by atoms with E-state index in [9.17, 15) is 18.0 Å². The maximum Gasteiger partial charge on any atom is 0.251 e. The summed E-state index contributed by atoms with van der Waals surface area (Å²) in [5.74, 6) is -0.0306. The molecule has 126 valence electrons. The molecule has 1 saturated heterocycles. The van der Waals surface area contributed by atoms with E-state index in [1.165, 1.54) is 4.90 Å². The summed E-state index contributed by atoms with van der Waals surface area (Å²) in [6.07, 6.45) is 1.33. The summed E-state index contributed by atoms with van der Waals surface area (Å²) in [6.45, 7) is 0.413. The van der Waals surface area contributed by atoms with Gasteiger partial charge in [-0.3, -0.25) is 9.59 Å². The number of hydrogen-bond donors (Lipinski definition) is 1. The second-order valence-corrected chi connectivity index (χ2v) is 8.02. The zero-order valence-corrected chi connectivity index (χ0v) is 14.0. The first kappa shape index (κ1) is 17.5. The maximum atomic E-state index is 12.1. The minimum atomic E-state index is -2.99. The minimum absolute atomic E-state index is 0.0555. The third-order valence-corrected chi connectivity index (χ3v) is 5.79. The molecule has 7 heteroatoms. The van der Waals surface area contributed by atoms with E-state index >= 15 is 0 Å². The van der Waals surface area contributed by atoms with Gasteiger partial charge in [-0.25, -0.2) is 8.42 Å². The van der Waals surface area contributed by atoms with E-state index in [1.807, 2.05) is 6.07 Å². The van der Waals surface area contributed by atoms with E-state index in [-0.39, 0.29) is 29.4 Å². The quantitative estimate of drug-likeness (QED) is 0.779. The van der Waals surface area contributed by atoms with Crippen LogP contribution in [0.15, 0.2) is 30.3 Å². The number of carbonyl (C=O) groups is 2. The van der Waals surface area contributed by atoms with E-state index in [2.05, 4.69) is 5.32 Å². The van der Waals surface area contributed by atoms with Gasteiger partial charge >= 0.3 is 0 Å². The molecule has 2 rings (SSSR count). The summed E-state index contributed by atoms with van der Waals surface area (Å²) in [5, 5.41) is 2.77. The van der Waals surface area contributed by atoms with E-state index < -0.39 is 9.84 Å². The number of hydrogen-bond acceptors (Lipinski definition) is 4. The van der Waals surface area contributed by atoms with E-state index in [0.717, 1.165) is 0 Å². The highest BCUT2D eigenvalue weighted by Crippen LogP contribution is 2.17. The van der Waals surface area contributed by atoms with Gasteiger partial charge in [-0.2, -0.15) is 0 Å². The lowest BCUT2D eigenvalue weighted by molar-refractivity contribution is -0.131. The molecule has 1 aromatic carbocycles. The first-order valence-electron chi connectivity index (χ1n) is 7.68. The fraction of sp³-hybridized carbons (Fsp3) is 0.500. The third-order valence-electron chi connectivity index (χ3n) is 4.04. The minimum Gasteiger partial charge on any atom is -0.352 e. The van der Waals surface area contributed by atoms with Crippen molar-refractivity contribution in [3.8, 4) is 0 Å². The Balaban J connectivity index is 1.70. The topological polar surface area (TPSA) is 83.6 Å². The van der Waals surface area contributed by atoms with Gasteiger partial charge in [0.15, 0.2) is 9.84 Å². The molecule has 1 aliphatic rings. The van der Waals surface area contributed by atoms with Crippen molar-refractivity contribution in [2.75, 3.05) is 25.1 Å². The van der Waals surface area contributed by atoms with Gasteiger partial charge in [0, 0.05) is 31.6 Å². The van der Waals surface area contributed by atoms with Crippen LogP contribution in [0.25, 0.3) is 0 Å². The molecule has 0 bridgehead atoms. The highest BCUT2D eigenvalue weighted by molar-refractivity contribution is 7.91. The first-order valence-corrected chi connectivity index (χ1v) is 9.50. The Labute approximate surface area is 136 Å². The zero-order valence-electron chi connectivity index (χ0n) is 13.2. The molecule has 0 radical (unpaired) electrons. The average Bonchev–Trinajstić information content (AvgIpc) is 2.91. The monoisotopic (exact) mass is 338 g/mol. The number of benzene rings is 1. The summed E-state index contributed by atoms with van der Waals surface area (Å²) >= 11 is 0. The van der Waals surface area contributed by atoms with Crippen molar-refractivity contribution in [1.82, 2.24) is 10.2 Å². The van der Waals surface area contributed by atoms with Crippen molar-refractivity contribution < 1.29 is 18.0 Å². The van der Waals surface area contributed by atoms with Gasteiger partial charge < -0.3 is 10.2 Å². The molecule has 1 unspecified atom stereocenters. The van der Waals surface area contributed by atoms with Crippen LogP contribution >= 0.6 is 0 Å². The van der Waals surface area contributed by atoms with Crippen molar-refractivity contribution in [1.29, 1.82) is 0 Å². The molecule has 0 aromatic heterocycles. The van der Waals surface area contributed by atoms with Crippen LogP contribution in [0.2, 0.25) is 0 Å². The largest absolute Gasteiger partial charge is 0.352 e. The van der Waals surface area contributed by atoms with Crippen LogP contribution in [0.3, 0.4) is 0 Å². The molecule has 2 amide bonds. The molecule has 1 N–H and O–H groups in total. The van der Waals surface area contributed by atoms with Gasteiger partial charge in [0.05, 0.1) is 11.5 Å². The van der Waals surface area contributed by atoms with Crippen LogP contribution in [-0.2, 0) is 14.6 Å². The van der Waals surface area contributed by atoms with Gasteiger partial charge in [-0.1, -0.05) is 18.2 Å². The molecule has 1 heterocycles. The van der Waals surface area contributed by atoms with Crippen LogP contribution < -0.4 is 5.32 Å². The third kappa shape index (κ3) is 5.06. The van der Waals surface area contributed by atoms with Crippen LogP contribution in [0.1, 0.15) is 29.6 Å². The van der Waals surface area contributed by atoms with Crippen molar-refractivity contribution in [2.45, 2.75) is 25.3 Å². The van der Waals surface area contributed by atoms with Crippen LogP contribution in [0.5, 0.6) is 0 Å². The summed E-state index contributed by atoms with van der Waals surface area (Å²) < 4.78 is 22.9. The van der Waals surface area contributed by atoms with E-state index in [1.54, 1.807) is 31.3 Å². The lowest BCUT2D eigenvalue weighted by Gasteiger charge is -2.23. The number of nitrogens with zero attached hydrogens (tertiary/aromatic N) is 1. The van der Waals surface area contributed by atoms with Crippen LogP contribution in [0.4, 0.5) is 0 Å². The second kappa shape index (κ2) is 7.59. The summed E-state index contributed by atoms with van der Waals surface area (Å²) in [4.78, 5) is 25.4. The van der Waals surface area contributed by atoms with E-state index in [4.69, 9.17) is 0 Å². The molecular weight excluding hydrogens is 316 g/mol. The standard InChI is InChI=1S/C16H22N2O4S/c1-18(14-9-11-23(21,22)12-14)15(19)8-5-10-17-16(20)13-6-3-2-4-7-13/h2-4,6-7,14H,5,8-12H2,1H3,(H,17,20). The Morgan fingerprint density at radius 1 is 1.26 bits per heavy atom. The predicted octanol–water partition coefficient (Wildman–Crippen LogP) is 0.842. The van der Waals surface area contributed by atoms with Gasteiger partial charge in [0.25, 0.3) is 5.91 Å². The second-order valence-electron chi connectivity index (χ2n) is 5.79. The lowest BCUT2D eigenvalue weighted by atomic mass is 10.2. The van der Waals surface area contributed by atoms with Crippen LogP contribution in [-0.4, -0.2) is 56.3 Å². The number of carbonyl (C=O) groups excluding carboxylic acids is 2. The first-order chi connectivity index (χ1) is 10.9. The lowest BCUT2D eigenvalue weighted by Crippen LogP contribution is -2.38. The zero-order chi connectivity index (χ0) is 16.9. The number of rotatable bonds is 6. The van der Waals surface area contributed by atoms with Gasteiger partial charge in [0.1, 0.15) is 0 Å². The molecule has 0 saturated carbocycles. The fourth-order valence-corrected chi connectivity index (χ4v) is 4.37. The number of sulfone groups is 1. The molecule has 1 aromatic rings. The molecule has 23 heavy (non-hydrogen) atoms. The molecule has 1 atom stereocenters. The highest BCUT2D eigenvalue weighted by atomic mass is 32.2. The number of nitrogens with one attached hydrogen (secondary N) is 1. The predicted molar refractivity (Wildman–Crippen MR) is 87.8 cm³/mol. The molecule has 0 aliphatic carbocycles. The van der Waals surface area contributed by atoms with Crippen molar-refractivity contribution in [2.24, 2.45) is 0 Å². The van der Waals surface area contributed by atoms with Crippen LogP contribution in [0, 0.1) is 0 Å². The smallest absolute Gasteiger partial charge is 0.251 e. The Morgan fingerprint density at radius 3 is 2.57 bits per heavy atom. The molecule has 1 fully saturated rings. The normalized spacial score (nSPS) is 19.3. The molecule has 0 spiro atoms. The summed E-state index contributed by atoms with van der Waals surface area (Å²) in [5.41, 5.74) is 0.590. The Hall–Kier alpha value is -1.89. The maximum absolute atomic E-state index is 12.1. The summed E-state index contributed by atoms with van der Waals surface area (Å²) in [7, 11) is -1.34. The Morgan fingerprint density at radius 2 is 1.96 bits per heavy atom. The van der Waals surface area contributed by atoms with Gasteiger partial charge in [0.2, 0.25) is 5.91 Å². The van der Waals surface area contributed by atoms with Crippen molar-refractivity contribution >= 4 is 21.7 Å². The van der Waals surface area contributed by atoms with Gasteiger partial charge in [-0.15, -0.1) is 0 Å². The Bertz CT molecular complexity index is 658. The number of amides is 2. The average molecular weight is 338 g/mol. The van der Waals surface area contributed by atoms with Gasteiger partial charge in [-0.05, 0) is 25.0 Å². The highest BCUT2D eigenvalue weighted by Gasteiger charge is 2.32.